The number of nitrogens with zero attached hydrogens (tertiary/aromatic N) is 2. The molecule has 0 atom stereocenters. The van der Waals surface area contributed by atoms with Gasteiger partial charge in [0, 0.05) is 35.6 Å². The van der Waals surface area contributed by atoms with Crippen molar-refractivity contribution in [3.63, 3.8) is 0 Å². The van der Waals surface area contributed by atoms with Gasteiger partial charge in [-0.2, -0.15) is 0 Å². The highest BCUT2D eigenvalue weighted by Gasteiger charge is 2.15. The molecule has 1 amide bonds. The van der Waals surface area contributed by atoms with Crippen LogP contribution in [0.25, 0.3) is 21.5 Å². The summed E-state index contributed by atoms with van der Waals surface area (Å²) in [5.41, 5.74) is 2.08. The third-order valence-electron chi connectivity index (χ3n) is 5.02. The van der Waals surface area contributed by atoms with Crippen molar-refractivity contribution >= 4 is 39.7 Å². The van der Waals surface area contributed by atoms with Crippen LogP contribution in [0.1, 0.15) is 6.42 Å². The Morgan fingerprint density at radius 2 is 2.07 bits per heavy atom. The molecule has 0 bridgehead atoms. The van der Waals surface area contributed by atoms with E-state index in [0.29, 0.717) is 18.1 Å². The maximum absolute atomic E-state index is 12.6. The van der Waals surface area contributed by atoms with E-state index in [2.05, 4.69) is 32.3 Å². The van der Waals surface area contributed by atoms with Crippen molar-refractivity contribution in [3.05, 3.63) is 46.8 Å². The number of aromatic nitrogens is 1. The van der Waals surface area contributed by atoms with E-state index in [4.69, 9.17) is 16.3 Å². The number of halogens is 1. The van der Waals surface area contributed by atoms with Crippen molar-refractivity contribution in [1.29, 1.82) is 0 Å². The van der Waals surface area contributed by atoms with E-state index in [-0.39, 0.29) is 5.91 Å². The lowest BCUT2D eigenvalue weighted by Gasteiger charge is -2.26. The molecule has 1 aliphatic rings. The number of hydrogen-bond donors (Lipinski definition) is 1. The summed E-state index contributed by atoms with van der Waals surface area (Å²) in [5, 5.41) is 6.88. The molecule has 1 fully saturated rings. The summed E-state index contributed by atoms with van der Waals surface area (Å²) in [4.78, 5) is 16.1. The monoisotopic (exact) mass is 417 g/mol. The summed E-state index contributed by atoms with van der Waals surface area (Å²) in [6, 6.07) is 12.0. The third-order valence-corrected chi connectivity index (χ3v) is 6.14. The van der Waals surface area contributed by atoms with Gasteiger partial charge in [0.25, 0.3) is 0 Å². The maximum Gasteiger partial charge on any atom is 0.239 e. The molecule has 3 aromatic rings. The number of ether oxygens (including phenoxy) is 1. The van der Waals surface area contributed by atoms with Crippen LogP contribution in [0, 0.1) is 0 Å². The lowest BCUT2D eigenvalue weighted by Crippen LogP contribution is -2.38. The molecule has 2 aromatic heterocycles. The van der Waals surface area contributed by atoms with E-state index in [1.165, 1.54) is 0 Å². The summed E-state index contributed by atoms with van der Waals surface area (Å²) < 4.78 is 7.44. The molecular formula is C21H24ClN3O2S. The van der Waals surface area contributed by atoms with Crippen molar-refractivity contribution in [3.8, 4) is 10.6 Å². The summed E-state index contributed by atoms with van der Waals surface area (Å²) in [6.45, 7) is 5.57. The van der Waals surface area contributed by atoms with E-state index in [9.17, 15) is 4.79 Å². The summed E-state index contributed by atoms with van der Waals surface area (Å²) >= 11 is 7.83. The molecule has 5 nitrogen and oxygen atoms in total. The van der Waals surface area contributed by atoms with Crippen LogP contribution in [0.4, 0.5) is 0 Å². The smallest absolute Gasteiger partial charge is 0.239 e. The molecule has 7 heteroatoms. The van der Waals surface area contributed by atoms with Gasteiger partial charge in [-0.25, -0.2) is 0 Å². The van der Waals surface area contributed by atoms with E-state index < -0.39 is 0 Å². The lowest BCUT2D eigenvalue weighted by molar-refractivity contribution is -0.121. The van der Waals surface area contributed by atoms with Gasteiger partial charge in [0.2, 0.25) is 5.91 Å². The predicted octanol–water partition coefficient (Wildman–Crippen LogP) is 3.86. The fraction of sp³-hybridized carbons (Fsp3) is 0.381. The average Bonchev–Trinajstić information content (AvgIpc) is 3.34. The standard InChI is InChI=1S/C21H24ClN3O2S/c22-17-4-5-18-16(13-17)14-19(20-3-1-12-28-20)25(18)15-21(26)23-6-2-7-24-8-10-27-11-9-24/h1,3-5,12-14H,2,6-11,15H2,(H,23,26). The topological polar surface area (TPSA) is 46.5 Å². The molecule has 4 rings (SSSR count). The number of hydrogen-bond acceptors (Lipinski definition) is 4. The highest BCUT2D eigenvalue weighted by atomic mass is 35.5. The molecule has 1 saturated heterocycles. The first kappa shape index (κ1) is 19.5. The first-order valence-electron chi connectivity index (χ1n) is 9.60. The molecular weight excluding hydrogens is 394 g/mol. The Morgan fingerprint density at radius 3 is 2.86 bits per heavy atom. The normalized spacial score (nSPS) is 15.2. The fourth-order valence-electron chi connectivity index (χ4n) is 3.60. The molecule has 1 aromatic carbocycles. The Kier molecular flexibility index (Phi) is 6.32. The second kappa shape index (κ2) is 9.09. The predicted molar refractivity (Wildman–Crippen MR) is 115 cm³/mol. The van der Waals surface area contributed by atoms with Crippen molar-refractivity contribution in [2.45, 2.75) is 13.0 Å². The summed E-state index contributed by atoms with van der Waals surface area (Å²) in [7, 11) is 0. The zero-order valence-corrected chi connectivity index (χ0v) is 17.3. The van der Waals surface area contributed by atoms with E-state index in [1.54, 1.807) is 11.3 Å². The first-order valence-corrected chi connectivity index (χ1v) is 10.9. The van der Waals surface area contributed by atoms with Crippen LogP contribution < -0.4 is 5.32 Å². The van der Waals surface area contributed by atoms with Crippen molar-refractivity contribution < 1.29 is 9.53 Å². The zero-order valence-electron chi connectivity index (χ0n) is 15.7. The third kappa shape index (κ3) is 4.58. The van der Waals surface area contributed by atoms with Crippen LogP contribution in [-0.4, -0.2) is 54.8 Å². The Labute approximate surface area is 173 Å². The second-order valence-corrected chi connectivity index (χ2v) is 8.34. The van der Waals surface area contributed by atoms with Crippen LogP contribution in [0.15, 0.2) is 41.8 Å². The Bertz CT molecular complexity index is 933. The van der Waals surface area contributed by atoms with Crippen LogP contribution in [0.3, 0.4) is 0 Å². The number of nitrogens with one attached hydrogen (secondary N) is 1. The highest BCUT2D eigenvalue weighted by molar-refractivity contribution is 7.13. The van der Waals surface area contributed by atoms with E-state index in [1.807, 2.05) is 24.3 Å². The van der Waals surface area contributed by atoms with Gasteiger partial charge in [0.05, 0.1) is 23.8 Å². The molecule has 0 unspecified atom stereocenters. The Hall–Kier alpha value is -1.86. The van der Waals surface area contributed by atoms with Gasteiger partial charge < -0.3 is 14.6 Å². The summed E-state index contributed by atoms with van der Waals surface area (Å²) in [5.74, 6) is 0.0345. The molecule has 1 N–H and O–H groups in total. The number of thiophene rings is 1. The van der Waals surface area contributed by atoms with Crippen molar-refractivity contribution in [2.75, 3.05) is 39.4 Å². The number of carbonyl (C=O) groups excluding carboxylic acids is 1. The SMILES string of the molecule is O=C(Cn1c(-c2cccs2)cc2cc(Cl)ccc21)NCCCN1CCOCC1. The quantitative estimate of drug-likeness (QED) is 0.594. The van der Waals surface area contributed by atoms with Gasteiger partial charge in [-0.15, -0.1) is 11.3 Å². The van der Waals surface area contributed by atoms with Gasteiger partial charge >= 0.3 is 0 Å². The second-order valence-electron chi connectivity index (χ2n) is 6.95. The van der Waals surface area contributed by atoms with Gasteiger partial charge in [-0.1, -0.05) is 17.7 Å². The van der Waals surface area contributed by atoms with Crippen molar-refractivity contribution in [2.24, 2.45) is 0 Å². The maximum atomic E-state index is 12.6. The molecule has 0 spiro atoms. The fourth-order valence-corrected chi connectivity index (χ4v) is 4.53. The number of amides is 1. The molecule has 0 saturated carbocycles. The van der Waals surface area contributed by atoms with E-state index in [0.717, 1.165) is 60.7 Å². The molecule has 1 aliphatic heterocycles. The number of morpholine rings is 1. The molecule has 3 heterocycles. The van der Waals surface area contributed by atoms with Gasteiger partial charge in [0.1, 0.15) is 6.54 Å². The highest BCUT2D eigenvalue weighted by Crippen LogP contribution is 2.32. The van der Waals surface area contributed by atoms with Crippen LogP contribution in [-0.2, 0) is 16.1 Å². The molecule has 0 aliphatic carbocycles. The minimum Gasteiger partial charge on any atom is -0.379 e. The number of fused-ring (bicyclic) bond motifs is 1. The van der Waals surface area contributed by atoms with Crippen LogP contribution in [0.5, 0.6) is 0 Å². The Morgan fingerprint density at radius 1 is 1.21 bits per heavy atom. The number of carbonyl (C=O) groups is 1. The van der Waals surface area contributed by atoms with Gasteiger partial charge in [0.15, 0.2) is 0 Å². The molecule has 0 radical (unpaired) electrons. The first-order chi connectivity index (χ1) is 13.7. The summed E-state index contributed by atoms with van der Waals surface area (Å²) in [6.07, 6.45) is 0.950. The van der Waals surface area contributed by atoms with Crippen LogP contribution in [0.2, 0.25) is 5.02 Å². The number of rotatable bonds is 7. The average molecular weight is 418 g/mol. The largest absolute Gasteiger partial charge is 0.379 e. The molecule has 28 heavy (non-hydrogen) atoms. The van der Waals surface area contributed by atoms with Crippen molar-refractivity contribution in [1.82, 2.24) is 14.8 Å². The van der Waals surface area contributed by atoms with Gasteiger partial charge in [-0.3, -0.25) is 9.69 Å². The minimum atomic E-state index is 0.0345. The zero-order chi connectivity index (χ0) is 19.3. The van der Waals surface area contributed by atoms with Gasteiger partial charge in [-0.05, 0) is 48.7 Å². The lowest BCUT2D eigenvalue weighted by atomic mass is 10.2. The van der Waals surface area contributed by atoms with Crippen LogP contribution >= 0.6 is 22.9 Å². The number of benzene rings is 1. The van der Waals surface area contributed by atoms with E-state index >= 15 is 0 Å². The molecule has 148 valence electrons. The minimum absolute atomic E-state index is 0.0345. The Balaban J connectivity index is 1.41.